The standard InChI is InChI=1S/C20H20ClNO2/c21-18-9-5-4-6-15(18)10-13-19(23)22-14-20(24,17-11-12-17)16-7-2-1-3-8-16/h1-10,13,17,24H,11-12,14H2,(H,22,23)/b13-10+/t20-/m1/s1. The van der Waals surface area contributed by atoms with Crippen LogP contribution in [0.15, 0.2) is 60.7 Å². The molecule has 0 spiro atoms. The molecular formula is C20H20ClNO2. The van der Waals surface area contributed by atoms with Crippen LogP contribution in [-0.4, -0.2) is 17.6 Å². The molecule has 3 rings (SSSR count). The molecule has 0 saturated heterocycles. The van der Waals surface area contributed by atoms with Gasteiger partial charge in [0.15, 0.2) is 0 Å². The number of carbonyl (C=O) groups excluding carboxylic acids is 1. The van der Waals surface area contributed by atoms with Crippen LogP contribution in [0.2, 0.25) is 5.02 Å². The van der Waals surface area contributed by atoms with E-state index in [1.165, 1.54) is 6.08 Å². The van der Waals surface area contributed by atoms with E-state index in [2.05, 4.69) is 5.32 Å². The zero-order valence-electron chi connectivity index (χ0n) is 13.3. The van der Waals surface area contributed by atoms with Gasteiger partial charge in [0.05, 0.1) is 6.54 Å². The second-order valence-corrected chi connectivity index (χ2v) is 6.54. The van der Waals surface area contributed by atoms with Crippen LogP contribution in [0.4, 0.5) is 0 Å². The fourth-order valence-corrected chi connectivity index (χ4v) is 3.03. The summed E-state index contributed by atoms with van der Waals surface area (Å²) in [5, 5.41) is 14.5. The van der Waals surface area contributed by atoms with Crippen LogP contribution in [-0.2, 0) is 10.4 Å². The third-order valence-electron chi connectivity index (χ3n) is 4.38. The number of carbonyl (C=O) groups is 1. The summed E-state index contributed by atoms with van der Waals surface area (Å²) in [5.41, 5.74) is 0.632. The molecule has 2 N–H and O–H groups in total. The highest BCUT2D eigenvalue weighted by Crippen LogP contribution is 2.45. The van der Waals surface area contributed by atoms with E-state index in [1.807, 2.05) is 48.5 Å². The highest BCUT2D eigenvalue weighted by atomic mass is 35.5. The minimum atomic E-state index is -1.00. The van der Waals surface area contributed by atoms with Crippen molar-refractivity contribution in [1.82, 2.24) is 5.32 Å². The Morgan fingerprint density at radius 2 is 1.83 bits per heavy atom. The average Bonchev–Trinajstić information content (AvgIpc) is 3.45. The van der Waals surface area contributed by atoms with Crippen molar-refractivity contribution in [2.45, 2.75) is 18.4 Å². The molecular weight excluding hydrogens is 322 g/mol. The molecule has 1 amide bonds. The van der Waals surface area contributed by atoms with E-state index in [-0.39, 0.29) is 18.4 Å². The summed E-state index contributed by atoms with van der Waals surface area (Å²) in [6, 6.07) is 16.9. The molecule has 1 aliphatic carbocycles. The molecule has 2 aromatic carbocycles. The predicted octanol–water partition coefficient (Wildman–Crippen LogP) is 3.77. The van der Waals surface area contributed by atoms with Gasteiger partial charge >= 0.3 is 0 Å². The number of benzene rings is 2. The lowest BCUT2D eigenvalue weighted by Gasteiger charge is -2.29. The molecule has 0 bridgehead atoms. The molecule has 0 heterocycles. The summed E-state index contributed by atoms with van der Waals surface area (Å²) in [5.74, 6) is -0.0438. The quantitative estimate of drug-likeness (QED) is 0.786. The maximum Gasteiger partial charge on any atom is 0.244 e. The van der Waals surface area contributed by atoms with Crippen LogP contribution < -0.4 is 5.32 Å². The number of nitrogens with one attached hydrogen (secondary N) is 1. The summed E-state index contributed by atoms with van der Waals surface area (Å²) in [4.78, 5) is 12.1. The van der Waals surface area contributed by atoms with Gasteiger partial charge in [0.2, 0.25) is 5.91 Å². The van der Waals surface area contributed by atoms with Gasteiger partial charge in [0.1, 0.15) is 5.60 Å². The van der Waals surface area contributed by atoms with Crippen LogP contribution in [0.25, 0.3) is 6.08 Å². The van der Waals surface area contributed by atoms with E-state index in [0.29, 0.717) is 5.02 Å². The van der Waals surface area contributed by atoms with Crippen molar-refractivity contribution >= 4 is 23.6 Å². The van der Waals surface area contributed by atoms with Gasteiger partial charge in [0, 0.05) is 11.1 Å². The topological polar surface area (TPSA) is 49.3 Å². The average molecular weight is 342 g/mol. The van der Waals surface area contributed by atoms with Crippen molar-refractivity contribution in [3.8, 4) is 0 Å². The SMILES string of the molecule is O=C(/C=C/c1ccccc1Cl)NC[C@@](O)(c1ccccc1)C1CC1. The first kappa shape index (κ1) is 16.7. The lowest BCUT2D eigenvalue weighted by molar-refractivity contribution is -0.118. The Bertz CT molecular complexity index is 740. The van der Waals surface area contributed by atoms with Gasteiger partial charge in [-0.15, -0.1) is 0 Å². The Kier molecular flexibility index (Phi) is 5.03. The van der Waals surface area contributed by atoms with Crippen LogP contribution in [0.5, 0.6) is 0 Å². The van der Waals surface area contributed by atoms with E-state index < -0.39 is 5.60 Å². The Balaban J connectivity index is 1.65. The molecule has 1 atom stereocenters. The smallest absolute Gasteiger partial charge is 0.244 e. The van der Waals surface area contributed by atoms with Crippen LogP contribution in [0.1, 0.15) is 24.0 Å². The maximum atomic E-state index is 12.1. The van der Waals surface area contributed by atoms with E-state index in [1.54, 1.807) is 12.1 Å². The normalized spacial score (nSPS) is 16.8. The minimum Gasteiger partial charge on any atom is -0.383 e. The highest BCUT2D eigenvalue weighted by Gasteiger charge is 2.45. The number of hydrogen-bond acceptors (Lipinski definition) is 2. The van der Waals surface area contributed by atoms with Crippen LogP contribution in [0.3, 0.4) is 0 Å². The summed E-state index contributed by atoms with van der Waals surface area (Å²) < 4.78 is 0. The van der Waals surface area contributed by atoms with Crippen molar-refractivity contribution in [3.05, 3.63) is 76.8 Å². The molecule has 4 heteroatoms. The van der Waals surface area contributed by atoms with Gasteiger partial charge in [-0.05, 0) is 42.0 Å². The zero-order chi connectivity index (χ0) is 17.0. The van der Waals surface area contributed by atoms with Gasteiger partial charge in [-0.2, -0.15) is 0 Å². The van der Waals surface area contributed by atoms with Crippen molar-refractivity contribution in [3.63, 3.8) is 0 Å². The van der Waals surface area contributed by atoms with E-state index in [4.69, 9.17) is 11.6 Å². The molecule has 0 aromatic heterocycles. The monoisotopic (exact) mass is 341 g/mol. The second-order valence-electron chi connectivity index (χ2n) is 6.14. The Labute approximate surface area is 147 Å². The molecule has 124 valence electrons. The summed E-state index contributed by atoms with van der Waals surface area (Å²) in [6.07, 6.45) is 5.09. The van der Waals surface area contributed by atoms with Crippen molar-refractivity contribution in [2.75, 3.05) is 6.54 Å². The Morgan fingerprint density at radius 1 is 1.17 bits per heavy atom. The summed E-state index contributed by atoms with van der Waals surface area (Å²) in [6.45, 7) is 0.202. The molecule has 2 aromatic rings. The molecule has 0 radical (unpaired) electrons. The third-order valence-corrected chi connectivity index (χ3v) is 4.72. The summed E-state index contributed by atoms with van der Waals surface area (Å²) in [7, 11) is 0. The maximum absolute atomic E-state index is 12.1. The first-order chi connectivity index (χ1) is 11.6. The number of amides is 1. The third kappa shape index (κ3) is 3.86. The Hall–Kier alpha value is -2.10. The lowest BCUT2D eigenvalue weighted by atomic mass is 9.88. The fraction of sp³-hybridized carbons (Fsp3) is 0.250. The second kappa shape index (κ2) is 7.20. The summed E-state index contributed by atoms with van der Waals surface area (Å²) >= 11 is 6.06. The van der Waals surface area contributed by atoms with Crippen molar-refractivity contribution in [2.24, 2.45) is 5.92 Å². The molecule has 0 unspecified atom stereocenters. The number of rotatable bonds is 6. The van der Waals surface area contributed by atoms with Crippen LogP contribution >= 0.6 is 11.6 Å². The molecule has 0 aliphatic heterocycles. The molecule has 1 fully saturated rings. The van der Waals surface area contributed by atoms with Crippen molar-refractivity contribution < 1.29 is 9.90 Å². The predicted molar refractivity (Wildman–Crippen MR) is 96.6 cm³/mol. The van der Waals surface area contributed by atoms with E-state index >= 15 is 0 Å². The lowest BCUT2D eigenvalue weighted by Crippen LogP contribution is -2.42. The number of halogens is 1. The van der Waals surface area contributed by atoms with Gasteiger partial charge in [0.25, 0.3) is 0 Å². The minimum absolute atomic E-state index is 0.202. The first-order valence-electron chi connectivity index (χ1n) is 8.08. The molecule has 1 aliphatic rings. The van der Waals surface area contributed by atoms with Gasteiger partial charge < -0.3 is 10.4 Å². The van der Waals surface area contributed by atoms with Crippen LogP contribution in [0, 0.1) is 5.92 Å². The highest BCUT2D eigenvalue weighted by molar-refractivity contribution is 6.32. The first-order valence-corrected chi connectivity index (χ1v) is 8.46. The molecule has 1 saturated carbocycles. The fourth-order valence-electron chi connectivity index (χ4n) is 2.83. The molecule has 24 heavy (non-hydrogen) atoms. The largest absolute Gasteiger partial charge is 0.383 e. The van der Waals surface area contributed by atoms with E-state index in [9.17, 15) is 9.90 Å². The van der Waals surface area contributed by atoms with Gasteiger partial charge in [-0.1, -0.05) is 60.1 Å². The van der Waals surface area contributed by atoms with Gasteiger partial charge in [-0.25, -0.2) is 0 Å². The number of aliphatic hydroxyl groups is 1. The van der Waals surface area contributed by atoms with E-state index in [0.717, 1.165) is 24.0 Å². The Morgan fingerprint density at radius 3 is 2.50 bits per heavy atom. The van der Waals surface area contributed by atoms with Gasteiger partial charge in [-0.3, -0.25) is 4.79 Å². The molecule has 3 nitrogen and oxygen atoms in total. The zero-order valence-corrected chi connectivity index (χ0v) is 14.0. The number of hydrogen-bond donors (Lipinski definition) is 2. The van der Waals surface area contributed by atoms with Crippen molar-refractivity contribution in [1.29, 1.82) is 0 Å².